The normalized spacial score (nSPS) is 11.4. The van der Waals surface area contributed by atoms with E-state index < -0.39 is 16.9 Å². The highest BCUT2D eigenvalue weighted by atomic mass is 16.7. The maximum atomic E-state index is 11.6. The van der Waals surface area contributed by atoms with E-state index in [1.165, 1.54) is 13.0 Å². The molecule has 0 aliphatic carbocycles. The Hall–Kier alpha value is -4.99. The van der Waals surface area contributed by atoms with Gasteiger partial charge in [0.1, 0.15) is 24.7 Å². The zero-order chi connectivity index (χ0) is 27.2. The molecule has 0 amide bonds. The standard InChI is InChI=1S/C28H25N3O7/c1-4-27(33)37-15-14-36-26-9-7-6-8-21(26)28(29-38-18(3)32)19-10-12-24-22(16-19)23-17-20(31(34)35)11-13-25(23)30(24)5-2/h4,6-13,16-17H,1,5,14-15H2,2-3H3/b29-28-. The van der Waals surface area contributed by atoms with E-state index in [-0.39, 0.29) is 18.9 Å². The van der Waals surface area contributed by atoms with Crippen LogP contribution in [0.5, 0.6) is 5.75 Å². The molecule has 38 heavy (non-hydrogen) atoms. The van der Waals surface area contributed by atoms with Crippen molar-refractivity contribution in [2.45, 2.75) is 20.4 Å². The smallest absolute Gasteiger partial charge is 0.332 e. The number of carbonyl (C=O) groups excluding carboxylic acids is 2. The van der Waals surface area contributed by atoms with Crippen molar-refractivity contribution in [3.8, 4) is 5.75 Å². The van der Waals surface area contributed by atoms with Gasteiger partial charge in [-0.05, 0) is 37.3 Å². The van der Waals surface area contributed by atoms with Crippen molar-refractivity contribution < 1.29 is 28.8 Å². The van der Waals surface area contributed by atoms with Crippen molar-refractivity contribution in [1.29, 1.82) is 0 Å². The van der Waals surface area contributed by atoms with Crippen LogP contribution in [-0.4, -0.2) is 40.4 Å². The van der Waals surface area contributed by atoms with E-state index in [9.17, 15) is 19.7 Å². The first-order valence-corrected chi connectivity index (χ1v) is 11.8. The number of non-ortho nitro benzene ring substituents is 1. The van der Waals surface area contributed by atoms with Crippen molar-refractivity contribution in [1.82, 2.24) is 4.57 Å². The number of aryl methyl sites for hydroxylation is 1. The number of ether oxygens (including phenoxy) is 2. The summed E-state index contributed by atoms with van der Waals surface area (Å²) in [5.41, 5.74) is 3.21. The van der Waals surface area contributed by atoms with Gasteiger partial charge in [0.05, 0.1) is 4.92 Å². The van der Waals surface area contributed by atoms with Gasteiger partial charge in [0.15, 0.2) is 0 Å². The van der Waals surface area contributed by atoms with E-state index in [4.69, 9.17) is 14.3 Å². The molecule has 0 radical (unpaired) electrons. The lowest BCUT2D eigenvalue weighted by atomic mass is 9.99. The van der Waals surface area contributed by atoms with Gasteiger partial charge in [-0.1, -0.05) is 29.9 Å². The lowest BCUT2D eigenvalue weighted by Crippen LogP contribution is -2.13. The first-order valence-electron chi connectivity index (χ1n) is 11.8. The van der Waals surface area contributed by atoms with Crippen LogP contribution in [0.1, 0.15) is 25.0 Å². The van der Waals surface area contributed by atoms with Crippen molar-refractivity contribution >= 4 is 45.1 Å². The van der Waals surface area contributed by atoms with Gasteiger partial charge in [-0.2, -0.15) is 0 Å². The number of nitro benzene ring substituents is 1. The molecule has 0 fully saturated rings. The molecule has 0 bridgehead atoms. The minimum Gasteiger partial charge on any atom is -0.489 e. The highest BCUT2D eigenvalue weighted by molar-refractivity contribution is 6.18. The van der Waals surface area contributed by atoms with Crippen molar-refractivity contribution in [3.63, 3.8) is 0 Å². The van der Waals surface area contributed by atoms with Gasteiger partial charge >= 0.3 is 11.9 Å². The predicted molar refractivity (Wildman–Crippen MR) is 142 cm³/mol. The second kappa shape index (κ2) is 11.4. The van der Waals surface area contributed by atoms with Crippen LogP contribution in [0.25, 0.3) is 21.8 Å². The third-order valence-corrected chi connectivity index (χ3v) is 5.81. The number of oxime groups is 1. The van der Waals surface area contributed by atoms with Crippen LogP contribution in [0.3, 0.4) is 0 Å². The fourth-order valence-corrected chi connectivity index (χ4v) is 4.20. The van der Waals surface area contributed by atoms with Gasteiger partial charge in [-0.3, -0.25) is 10.1 Å². The number of hydrogen-bond donors (Lipinski definition) is 0. The number of nitrogens with zero attached hydrogens (tertiary/aromatic N) is 3. The summed E-state index contributed by atoms with van der Waals surface area (Å²) in [6.45, 7) is 7.35. The van der Waals surface area contributed by atoms with Crippen LogP contribution in [0.4, 0.5) is 5.69 Å². The lowest BCUT2D eigenvalue weighted by Gasteiger charge is -2.13. The summed E-state index contributed by atoms with van der Waals surface area (Å²) in [4.78, 5) is 39.0. The summed E-state index contributed by atoms with van der Waals surface area (Å²) in [6.07, 6.45) is 1.07. The van der Waals surface area contributed by atoms with Crippen LogP contribution in [-0.2, 0) is 25.7 Å². The average Bonchev–Trinajstić information content (AvgIpc) is 3.23. The number of carbonyl (C=O) groups is 2. The van der Waals surface area contributed by atoms with Crippen LogP contribution in [0.2, 0.25) is 0 Å². The summed E-state index contributed by atoms with van der Waals surface area (Å²) in [5, 5.41) is 17.1. The third kappa shape index (κ3) is 5.39. The molecule has 0 N–H and O–H groups in total. The van der Waals surface area contributed by atoms with Gasteiger partial charge in [-0.25, -0.2) is 9.59 Å². The Balaban J connectivity index is 1.82. The summed E-state index contributed by atoms with van der Waals surface area (Å²) in [5.74, 6) is -0.727. The van der Waals surface area contributed by atoms with E-state index in [1.807, 2.05) is 25.1 Å². The van der Waals surface area contributed by atoms with E-state index in [1.54, 1.807) is 36.4 Å². The number of fused-ring (bicyclic) bond motifs is 3. The van der Waals surface area contributed by atoms with Crippen LogP contribution < -0.4 is 4.74 Å². The quantitative estimate of drug-likeness (QED) is 0.0545. The van der Waals surface area contributed by atoms with Gasteiger partial charge in [0.25, 0.3) is 5.69 Å². The molecule has 0 aliphatic rings. The van der Waals surface area contributed by atoms with Gasteiger partial charge < -0.3 is 18.9 Å². The number of nitro groups is 1. The molecule has 3 aromatic carbocycles. The molecule has 1 aromatic heterocycles. The Bertz CT molecular complexity index is 1590. The van der Waals surface area contributed by atoms with Crippen molar-refractivity contribution in [2.24, 2.45) is 5.16 Å². The molecule has 0 aliphatic heterocycles. The molecule has 0 saturated carbocycles. The minimum atomic E-state index is -0.600. The molecule has 4 rings (SSSR count). The molecule has 0 unspecified atom stereocenters. The first-order chi connectivity index (χ1) is 18.3. The zero-order valence-corrected chi connectivity index (χ0v) is 20.9. The van der Waals surface area contributed by atoms with E-state index in [0.717, 1.165) is 27.9 Å². The topological polar surface area (TPSA) is 122 Å². The minimum absolute atomic E-state index is 0.0108. The summed E-state index contributed by atoms with van der Waals surface area (Å²) in [7, 11) is 0. The van der Waals surface area contributed by atoms with Crippen molar-refractivity contribution in [2.75, 3.05) is 13.2 Å². The fourth-order valence-electron chi connectivity index (χ4n) is 4.20. The SMILES string of the molecule is C=CC(=O)OCCOc1ccccc1/C(=N\OC(C)=O)c1ccc2c(c1)c1cc([N+](=O)[O-])ccc1n2CC. The number of benzene rings is 3. The Morgan fingerprint density at radius 2 is 1.76 bits per heavy atom. The second-order valence-corrected chi connectivity index (χ2v) is 8.17. The Labute approximate surface area is 217 Å². The van der Waals surface area contributed by atoms with E-state index >= 15 is 0 Å². The molecule has 194 valence electrons. The highest BCUT2D eigenvalue weighted by Gasteiger charge is 2.19. The zero-order valence-electron chi connectivity index (χ0n) is 20.9. The lowest BCUT2D eigenvalue weighted by molar-refractivity contribution is -0.384. The Morgan fingerprint density at radius 3 is 2.45 bits per heavy atom. The average molecular weight is 516 g/mol. The molecule has 0 atom stereocenters. The third-order valence-electron chi connectivity index (χ3n) is 5.81. The van der Waals surface area contributed by atoms with Crippen LogP contribution in [0.15, 0.2) is 78.5 Å². The number of aromatic nitrogens is 1. The second-order valence-electron chi connectivity index (χ2n) is 8.17. The number of rotatable bonds is 10. The highest BCUT2D eigenvalue weighted by Crippen LogP contribution is 2.33. The molecular weight excluding hydrogens is 490 g/mol. The molecule has 0 spiro atoms. The first kappa shape index (κ1) is 26.1. The molecule has 10 heteroatoms. The summed E-state index contributed by atoms with van der Waals surface area (Å²) < 4.78 is 12.9. The van der Waals surface area contributed by atoms with E-state index in [2.05, 4.69) is 16.3 Å². The van der Waals surface area contributed by atoms with Crippen LogP contribution >= 0.6 is 0 Å². The maximum Gasteiger partial charge on any atom is 0.332 e. The molecular formula is C28H25N3O7. The van der Waals surface area contributed by atoms with Gasteiger partial charge in [-0.15, -0.1) is 0 Å². The Morgan fingerprint density at radius 1 is 1.05 bits per heavy atom. The molecule has 4 aromatic rings. The van der Waals surface area contributed by atoms with Gasteiger partial charge in [0, 0.05) is 64.6 Å². The van der Waals surface area contributed by atoms with Gasteiger partial charge in [0.2, 0.25) is 0 Å². The summed E-state index contributed by atoms with van der Waals surface area (Å²) >= 11 is 0. The summed E-state index contributed by atoms with van der Waals surface area (Å²) in [6, 6.07) is 17.4. The fraction of sp³-hybridized carbons (Fsp3) is 0.179. The van der Waals surface area contributed by atoms with Crippen LogP contribution in [0, 0.1) is 10.1 Å². The molecule has 0 saturated heterocycles. The number of para-hydroxylation sites is 1. The number of esters is 1. The van der Waals surface area contributed by atoms with E-state index in [0.29, 0.717) is 29.1 Å². The molecule has 1 heterocycles. The van der Waals surface area contributed by atoms with Crippen molar-refractivity contribution in [3.05, 3.63) is 94.6 Å². The number of hydrogen-bond acceptors (Lipinski definition) is 8. The maximum absolute atomic E-state index is 11.6. The Kier molecular flexibility index (Phi) is 7.81. The molecule has 10 nitrogen and oxygen atoms in total. The largest absolute Gasteiger partial charge is 0.489 e. The predicted octanol–water partition coefficient (Wildman–Crippen LogP) is 5.15. The monoisotopic (exact) mass is 515 g/mol.